The van der Waals surface area contributed by atoms with Crippen molar-refractivity contribution in [2.24, 2.45) is 5.92 Å². The minimum absolute atomic E-state index is 0.702. The molecule has 1 saturated heterocycles. The quantitative estimate of drug-likeness (QED) is 0.712. The molecule has 0 bridgehead atoms. The fourth-order valence-corrected chi connectivity index (χ4v) is 2.37. The zero-order chi connectivity index (χ0) is 11.2. The molecule has 1 saturated carbocycles. The van der Waals surface area contributed by atoms with Gasteiger partial charge in [-0.2, -0.15) is 0 Å². The molecule has 1 heterocycles. The van der Waals surface area contributed by atoms with Crippen molar-refractivity contribution in [2.45, 2.75) is 38.6 Å². The van der Waals surface area contributed by atoms with Crippen LogP contribution in [0.2, 0.25) is 0 Å². The van der Waals surface area contributed by atoms with Gasteiger partial charge >= 0.3 is 0 Å². The molecular weight excluding hydrogens is 200 g/mol. The molecule has 94 valence electrons. The maximum absolute atomic E-state index is 5.36. The van der Waals surface area contributed by atoms with E-state index in [1.807, 2.05) is 0 Å². The lowest BCUT2D eigenvalue weighted by Crippen LogP contribution is -2.40. The zero-order valence-electron chi connectivity index (χ0n) is 10.6. The molecule has 1 N–H and O–H groups in total. The van der Waals surface area contributed by atoms with Crippen molar-refractivity contribution in [1.29, 1.82) is 0 Å². The maximum atomic E-state index is 5.36. The van der Waals surface area contributed by atoms with Gasteiger partial charge in [0.25, 0.3) is 0 Å². The summed E-state index contributed by atoms with van der Waals surface area (Å²) >= 11 is 0. The lowest BCUT2D eigenvalue weighted by atomic mass is 10.1. The normalized spacial score (nSPS) is 22.9. The van der Waals surface area contributed by atoms with Gasteiger partial charge < -0.3 is 15.0 Å². The highest BCUT2D eigenvalue weighted by atomic mass is 16.5. The molecule has 0 radical (unpaired) electrons. The fraction of sp³-hybridized carbons (Fsp3) is 1.00. The van der Waals surface area contributed by atoms with Crippen LogP contribution in [0, 0.1) is 5.92 Å². The molecule has 1 aliphatic heterocycles. The topological polar surface area (TPSA) is 24.5 Å². The molecule has 0 aromatic carbocycles. The first-order chi connectivity index (χ1) is 7.88. The Morgan fingerprint density at radius 2 is 1.94 bits per heavy atom. The van der Waals surface area contributed by atoms with Gasteiger partial charge in [-0.05, 0) is 38.1 Å². The second-order valence-corrected chi connectivity index (χ2v) is 5.18. The van der Waals surface area contributed by atoms with Crippen molar-refractivity contribution in [3.05, 3.63) is 0 Å². The van der Waals surface area contributed by atoms with E-state index in [9.17, 15) is 0 Å². The standard InChI is InChI=1S/C13H26N2O/c1-2-15(11-12-3-4-12)8-7-14-13-5-9-16-10-6-13/h12-14H,2-11H2,1H3. The van der Waals surface area contributed by atoms with Crippen LogP contribution in [-0.2, 0) is 4.74 Å². The lowest BCUT2D eigenvalue weighted by Gasteiger charge is -2.25. The van der Waals surface area contributed by atoms with Gasteiger partial charge in [-0.25, -0.2) is 0 Å². The Labute approximate surface area is 99.5 Å². The third kappa shape index (κ3) is 4.40. The van der Waals surface area contributed by atoms with Crippen molar-refractivity contribution in [3.8, 4) is 0 Å². The Hall–Kier alpha value is -0.120. The largest absolute Gasteiger partial charge is 0.381 e. The Morgan fingerprint density at radius 3 is 2.56 bits per heavy atom. The molecule has 0 aromatic rings. The van der Waals surface area contributed by atoms with Crippen LogP contribution in [0.3, 0.4) is 0 Å². The van der Waals surface area contributed by atoms with Crippen molar-refractivity contribution < 1.29 is 4.74 Å². The van der Waals surface area contributed by atoms with Crippen LogP contribution in [0.15, 0.2) is 0 Å². The van der Waals surface area contributed by atoms with E-state index in [0.717, 1.165) is 25.7 Å². The predicted molar refractivity (Wildman–Crippen MR) is 66.7 cm³/mol. The molecular formula is C13H26N2O. The second-order valence-electron chi connectivity index (χ2n) is 5.18. The molecule has 3 nitrogen and oxygen atoms in total. The Balaban J connectivity index is 1.54. The van der Waals surface area contributed by atoms with E-state index >= 15 is 0 Å². The van der Waals surface area contributed by atoms with E-state index in [1.54, 1.807) is 0 Å². The lowest BCUT2D eigenvalue weighted by molar-refractivity contribution is 0.0772. The summed E-state index contributed by atoms with van der Waals surface area (Å²) in [6.45, 7) is 9.04. The first kappa shape index (κ1) is 12.3. The highest BCUT2D eigenvalue weighted by Crippen LogP contribution is 2.29. The Morgan fingerprint density at radius 1 is 1.19 bits per heavy atom. The van der Waals surface area contributed by atoms with Gasteiger partial charge in [0, 0.05) is 38.9 Å². The van der Waals surface area contributed by atoms with E-state index < -0.39 is 0 Å². The molecule has 0 spiro atoms. The first-order valence-electron chi connectivity index (χ1n) is 6.92. The summed E-state index contributed by atoms with van der Waals surface area (Å²) in [7, 11) is 0. The number of rotatable bonds is 7. The van der Waals surface area contributed by atoms with Crippen LogP contribution in [0.4, 0.5) is 0 Å². The molecule has 3 heteroatoms. The fourth-order valence-electron chi connectivity index (χ4n) is 2.37. The van der Waals surface area contributed by atoms with E-state index in [1.165, 1.54) is 45.3 Å². The number of likely N-dealkylation sites (N-methyl/N-ethyl adjacent to an activating group) is 1. The van der Waals surface area contributed by atoms with Crippen LogP contribution < -0.4 is 5.32 Å². The average Bonchev–Trinajstić information content (AvgIpc) is 3.13. The highest BCUT2D eigenvalue weighted by Gasteiger charge is 2.23. The van der Waals surface area contributed by atoms with Crippen molar-refractivity contribution in [3.63, 3.8) is 0 Å². The third-order valence-corrected chi connectivity index (χ3v) is 3.74. The predicted octanol–water partition coefficient (Wildman–Crippen LogP) is 1.49. The molecule has 0 amide bonds. The van der Waals surface area contributed by atoms with E-state index in [-0.39, 0.29) is 0 Å². The summed E-state index contributed by atoms with van der Waals surface area (Å²) in [6.07, 6.45) is 5.30. The highest BCUT2D eigenvalue weighted by molar-refractivity contribution is 4.77. The molecule has 2 rings (SSSR count). The Kier molecular flexibility index (Phi) is 5.07. The SMILES string of the molecule is CCN(CCNC1CCOCC1)CC1CC1. The molecule has 2 fully saturated rings. The summed E-state index contributed by atoms with van der Waals surface area (Å²) in [6, 6.07) is 0.702. The van der Waals surface area contributed by atoms with Crippen LogP contribution >= 0.6 is 0 Å². The van der Waals surface area contributed by atoms with E-state index in [4.69, 9.17) is 4.74 Å². The smallest absolute Gasteiger partial charge is 0.0480 e. The monoisotopic (exact) mass is 226 g/mol. The summed E-state index contributed by atoms with van der Waals surface area (Å²) in [5, 5.41) is 3.66. The minimum atomic E-state index is 0.702. The number of nitrogens with zero attached hydrogens (tertiary/aromatic N) is 1. The summed E-state index contributed by atoms with van der Waals surface area (Å²) in [4.78, 5) is 2.59. The van der Waals surface area contributed by atoms with E-state index in [0.29, 0.717) is 6.04 Å². The Bertz CT molecular complexity index is 188. The first-order valence-corrected chi connectivity index (χ1v) is 6.92. The molecule has 0 atom stereocenters. The summed E-state index contributed by atoms with van der Waals surface area (Å²) in [5.41, 5.74) is 0. The van der Waals surface area contributed by atoms with Gasteiger partial charge in [-0.3, -0.25) is 0 Å². The van der Waals surface area contributed by atoms with Crippen molar-refractivity contribution in [1.82, 2.24) is 10.2 Å². The van der Waals surface area contributed by atoms with Crippen LogP contribution in [-0.4, -0.2) is 50.3 Å². The molecule has 0 aromatic heterocycles. The summed E-state index contributed by atoms with van der Waals surface area (Å²) in [5.74, 6) is 1.02. The van der Waals surface area contributed by atoms with Crippen LogP contribution in [0.25, 0.3) is 0 Å². The minimum Gasteiger partial charge on any atom is -0.381 e. The number of hydrogen-bond donors (Lipinski definition) is 1. The number of ether oxygens (including phenoxy) is 1. The van der Waals surface area contributed by atoms with Gasteiger partial charge in [0.1, 0.15) is 0 Å². The maximum Gasteiger partial charge on any atom is 0.0480 e. The van der Waals surface area contributed by atoms with Crippen LogP contribution in [0.5, 0.6) is 0 Å². The summed E-state index contributed by atoms with van der Waals surface area (Å²) < 4.78 is 5.36. The number of nitrogens with one attached hydrogen (secondary N) is 1. The van der Waals surface area contributed by atoms with Gasteiger partial charge in [-0.15, -0.1) is 0 Å². The second kappa shape index (κ2) is 6.58. The third-order valence-electron chi connectivity index (χ3n) is 3.74. The van der Waals surface area contributed by atoms with Gasteiger partial charge in [0.2, 0.25) is 0 Å². The van der Waals surface area contributed by atoms with Gasteiger partial charge in [0.05, 0.1) is 0 Å². The van der Waals surface area contributed by atoms with Crippen molar-refractivity contribution >= 4 is 0 Å². The van der Waals surface area contributed by atoms with Gasteiger partial charge in [-0.1, -0.05) is 6.92 Å². The van der Waals surface area contributed by atoms with E-state index in [2.05, 4.69) is 17.1 Å². The zero-order valence-corrected chi connectivity index (χ0v) is 10.6. The molecule has 16 heavy (non-hydrogen) atoms. The van der Waals surface area contributed by atoms with Crippen LogP contribution in [0.1, 0.15) is 32.6 Å². The van der Waals surface area contributed by atoms with Gasteiger partial charge in [0.15, 0.2) is 0 Å². The molecule has 2 aliphatic rings. The molecule has 0 unspecified atom stereocenters. The number of hydrogen-bond acceptors (Lipinski definition) is 3. The molecule has 1 aliphatic carbocycles. The average molecular weight is 226 g/mol. The van der Waals surface area contributed by atoms with Crippen molar-refractivity contribution in [2.75, 3.05) is 39.4 Å².